The first-order valence-electron chi connectivity index (χ1n) is 7.25. The number of nitrogens with one attached hydrogen (secondary N) is 1. The summed E-state index contributed by atoms with van der Waals surface area (Å²) in [6.45, 7) is 9.66. The fourth-order valence-corrected chi connectivity index (χ4v) is 3.53. The van der Waals surface area contributed by atoms with Crippen LogP contribution < -0.4 is 5.32 Å². The molecule has 0 bridgehead atoms. The first-order chi connectivity index (χ1) is 9.83. The van der Waals surface area contributed by atoms with Gasteiger partial charge < -0.3 is 5.32 Å². The molecule has 0 aliphatic heterocycles. The molecule has 1 unspecified atom stereocenters. The third kappa shape index (κ3) is 5.53. The van der Waals surface area contributed by atoms with Crippen molar-refractivity contribution in [3.8, 4) is 0 Å². The van der Waals surface area contributed by atoms with Gasteiger partial charge in [-0.1, -0.05) is 28.1 Å². The van der Waals surface area contributed by atoms with Crippen LogP contribution in [0.5, 0.6) is 0 Å². The molecule has 0 saturated heterocycles. The summed E-state index contributed by atoms with van der Waals surface area (Å²) in [5.74, 6) is 0.460. The lowest BCUT2D eigenvalue weighted by Gasteiger charge is -2.25. The minimum atomic E-state index is 0.133. The average molecular weight is 367 g/mol. The summed E-state index contributed by atoms with van der Waals surface area (Å²) >= 11 is 5.38. The van der Waals surface area contributed by atoms with Crippen LogP contribution in [-0.2, 0) is 6.42 Å². The van der Waals surface area contributed by atoms with Crippen LogP contribution in [0.4, 0.5) is 0 Å². The lowest BCUT2D eigenvalue weighted by atomic mass is 9.94. The van der Waals surface area contributed by atoms with Gasteiger partial charge in [0.15, 0.2) is 0 Å². The highest BCUT2D eigenvalue weighted by atomic mass is 79.9. The van der Waals surface area contributed by atoms with Crippen LogP contribution >= 0.6 is 27.3 Å². The Labute approximate surface area is 140 Å². The summed E-state index contributed by atoms with van der Waals surface area (Å²) in [7, 11) is 0. The van der Waals surface area contributed by atoms with Gasteiger partial charge in [0.1, 0.15) is 0 Å². The third-order valence-corrected chi connectivity index (χ3v) is 4.74. The van der Waals surface area contributed by atoms with Gasteiger partial charge >= 0.3 is 0 Å². The van der Waals surface area contributed by atoms with Crippen LogP contribution in [0.25, 0.3) is 0 Å². The Bertz CT molecular complexity index is 586. The fourth-order valence-electron chi connectivity index (χ4n) is 2.24. The fraction of sp³-hybridized carbons (Fsp3) is 0.471. The number of hydrogen-bond acceptors (Lipinski definition) is 3. The number of halogens is 1. The van der Waals surface area contributed by atoms with E-state index in [0.717, 1.165) is 22.4 Å². The summed E-state index contributed by atoms with van der Waals surface area (Å²) in [6, 6.07) is 8.63. The summed E-state index contributed by atoms with van der Waals surface area (Å²) in [4.78, 5) is 5.73. The second-order valence-electron chi connectivity index (χ2n) is 6.43. The minimum absolute atomic E-state index is 0.133. The molecule has 0 aliphatic carbocycles. The lowest BCUT2D eigenvalue weighted by Crippen LogP contribution is -2.39. The Kier molecular flexibility index (Phi) is 5.58. The van der Waals surface area contributed by atoms with Crippen LogP contribution in [0, 0.1) is 6.92 Å². The second kappa shape index (κ2) is 7.03. The summed E-state index contributed by atoms with van der Waals surface area (Å²) in [5, 5.41) is 4.78. The molecule has 0 radical (unpaired) electrons. The van der Waals surface area contributed by atoms with Crippen molar-refractivity contribution < 1.29 is 0 Å². The van der Waals surface area contributed by atoms with Crippen LogP contribution in [0.2, 0.25) is 0 Å². The van der Waals surface area contributed by atoms with E-state index in [2.05, 4.69) is 78.2 Å². The normalized spacial score (nSPS) is 13.4. The van der Waals surface area contributed by atoms with E-state index in [4.69, 9.17) is 0 Å². The van der Waals surface area contributed by atoms with Gasteiger partial charge in [0.25, 0.3) is 0 Å². The molecule has 1 aromatic heterocycles. The molecule has 1 aromatic carbocycles. The number of benzene rings is 1. The molecule has 1 N–H and O–H groups in total. The zero-order chi connectivity index (χ0) is 15.5. The van der Waals surface area contributed by atoms with E-state index >= 15 is 0 Å². The Morgan fingerprint density at radius 2 is 2.10 bits per heavy atom. The maximum atomic E-state index is 4.38. The van der Waals surface area contributed by atoms with Crippen LogP contribution in [0.1, 0.15) is 42.1 Å². The number of aryl methyl sites for hydroxylation is 1. The highest BCUT2D eigenvalue weighted by molar-refractivity contribution is 9.10. The summed E-state index contributed by atoms with van der Waals surface area (Å²) in [6.07, 6.45) is 3.05. The van der Waals surface area contributed by atoms with Gasteiger partial charge in [-0.25, -0.2) is 4.98 Å². The van der Waals surface area contributed by atoms with Crippen molar-refractivity contribution in [1.82, 2.24) is 10.3 Å². The zero-order valence-corrected chi connectivity index (χ0v) is 15.5. The second-order valence-corrected chi connectivity index (χ2v) is 8.67. The first-order valence-corrected chi connectivity index (χ1v) is 8.86. The molecule has 0 fully saturated rings. The average Bonchev–Trinajstić information content (AvgIpc) is 2.79. The van der Waals surface area contributed by atoms with Crippen molar-refractivity contribution in [3.63, 3.8) is 0 Å². The van der Waals surface area contributed by atoms with Crippen molar-refractivity contribution in [3.05, 3.63) is 50.4 Å². The van der Waals surface area contributed by atoms with Gasteiger partial charge in [0.2, 0.25) is 0 Å². The Balaban J connectivity index is 2.17. The predicted octanol–water partition coefficient (Wildman–Crippen LogP) is 4.93. The Morgan fingerprint density at radius 1 is 1.33 bits per heavy atom. The smallest absolute Gasteiger partial charge is 0.0896 e. The molecule has 21 heavy (non-hydrogen) atoms. The van der Waals surface area contributed by atoms with Crippen molar-refractivity contribution >= 4 is 27.3 Å². The number of rotatable bonds is 5. The SMILES string of the molecule is Cc1ncc(CC(CNC(C)(C)C)c2cccc(Br)c2)s1. The largest absolute Gasteiger partial charge is 0.311 e. The molecule has 0 amide bonds. The van der Waals surface area contributed by atoms with Gasteiger partial charge in [-0.05, 0) is 51.8 Å². The van der Waals surface area contributed by atoms with Crippen molar-refractivity contribution in [2.24, 2.45) is 0 Å². The molecular formula is C17H23BrN2S. The summed E-state index contributed by atoms with van der Waals surface area (Å²) in [5.41, 5.74) is 1.50. The van der Waals surface area contributed by atoms with E-state index < -0.39 is 0 Å². The maximum Gasteiger partial charge on any atom is 0.0896 e. The highest BCUT2D eigenvalue weighted by Gasteiger charge is 2.17. The maximum absolute atomic E-state index is 4.38. The van der Waals surface area contributed by atoms with E-state index in [0.29, 0.717) is 5.92 Å². The molecule has 0 aliphatic rings. The molecule has 0 saturated carbocycles. The van der Waals surface area contributed by atoms with Crippen molar-refractivity contribution in [2.75, 3.05) is 6.54 Å². The van der Waals surface area contributed by atoms with Gasteiger partial charge in [0.05, 0.1) is 5.01 Å². The third-order valence-electron chi connectivity index (χ3n) is 3.32. The van der Waals surface area contributed by atoms with Crippen molar-refractivity contribution in [1.29, 1.82) is 0 Å². The number of aromatic nitrogens is 1. The van der Waals surface area contributed by atoms with Crippen molar-refractivity contribution in [2.45, 2.75) is 45.6 Å². The lowest BCUT2D eigenvalue weighted by molar-refractivity contribution is 0.405. The summed E-state index contributed by atoms with van der Waals surface area (Å²) < 4.78 is 1.14. The molecular weight excluding hydrogens is 344 g/mol. The van der Waals surface area contributed by atoms with E-state index in [1.165, 1.54) is 10.4 Å². The molecule has 2 nitrogen and oxygen atoms in total. The standard InChI is InChI=1S/C17H23BrN2S/c1-12-19-11-16(21-12)9-14(10-20-17(2,3)4)13-6-5-7-15(18)8-13/h5-8,11,14,20H,9-10H2,1-4H3. The van der Waals surface area contributed by atoms with E-state index in [1.807, 2.05) is 6.20 Å². The van der Waals surface area contributed by atoms with Crippen LogP contribution in [-0.4, -0.2) is 17.1 Å². The predicted molar refractivity (Wildman–Crippen MR) is 95.2 cm³/mol. The quantitative estimate of drug-likeness (QED) is 0.811. The molecule has 2 rings (SSSR count). The molecule has 4 heteroatoms. The van der Waals surface area contributed by atoms with Gasteiger partial charge in [0, 0.05) is 33.5 Å². The minimum Gasteiger partial charge on any atom is -0.311 e. The Morgan fingerprint density at radius 3 is 2.67 bits per heavy atom. The molecule has 1 heterocycles. The van der Waals surface area contributed by atoms with Crippen LogP contribution in [0.3, 0.4) is 0 Å². The monoisotopic (exact) mass is 366 g/mol. The number of hydrogen-bond donors (Lipinski definition) is 1. The van der Waals surface area contributed by atoms with E-state index in [9.17, 15) is 0 Å². The van der Waals surface area contributed by atoms with Gasteiger partial charge in [-0.2, -0.15) is 0 Å². The van der Waals surface area contributed by atoms with Crippen LogP contribution in [0.15, 0.2) is 34.9 Å². The molecule has 114 valence electrons. The van der Waals surface area contributed by atoms with Gasteiger partial charge in [-0.3, -0.25) is 0 Å². The number of nitrogens with zero attached hydrogens (tertiary/aromatic N) is 1. The van der Waals surface area contributed by atoms with Gasteiger partial charge in [-0.15, -0.1) is 11.3 Å². The Hall–Kier alpha value is -0.710. The topological polar surface area (TPSA) is 24.9 Å². The molecule has 1 atom stereocenters. The van der Waals surface area contributed by atoms with E-state index in [-0.39, 0.29) is 5.54 Å². The number of thiazole rings is 1. The zero-order valence-electron chi connectivity index (χ0n) is 13.1. The molecule has 0 spiro atoms. The highest BCUT2D eigenvalue weighted by Crippen LogP contribution is 2.26. The molecule has 2 aromatic rings. The van der Waals surface area contributed by atoms with E-state index in [1.54, 1.807) is 11.3 Å². The first kappa shape index (κ1) is 16.7.